The van der Waals surface area contributed by atoms with E-state index in [2.05, 4.69) is 0 Å². The lowest BCUT2D eigenvalue weighted by Crippen LogP contribution is -2.29. The number of fused-ring (bicyclic) bond motifs is 4. The molecule has 8 rings (SSSR count). The minimum absolute atomic E-state index is 0.248. The average Bonchev–Trinajstić information content (AvgIpc) is 3.48. The average molecular weight is 644 g/mol. The second-order valence-electron chi connectivity index (χ2n) is 12.9. The minimum atomic E-state index is -1.31. The van der Waals surface area contributed by atoms with Crippen molar-refractivity contribution in [2.24, 2.45) is 0 Å². The smallest absolute Gasteiger partial charge is 0.337 e. The number of ether oxygens (including phenoxy) is 3. The zero-order valence-electron chi connectivity index (χ0n) is 27.0. The molecule has 0 amide bonds. The van der Waals surface area contributed by atoms with Gasteiger partial charge < -0.3 is 19.3 Å². The van der Waals surface area contributed by atoms with Crippen molar-refractivity contribution in [2.75, 3.05) is 0 Å². The molecular weight excluding hydrogens is 609 g/mol. The second-order valence-corrected chi connectivity index (χ2v) is 12.9. The highest BCUT2D eigenvalue weighted by molar-refractivity contribution is 5.81. The maximum atomic E-state index is 14.5. The summed E-state index contributed by atoms with van der Waals surface area (Å²) in [7, 11) is 0. The molecule has 0 saturated carbocycles. The molecule has 0 saturated heterocycles. The first-order valence-electron chi connectivity index (χ1n) is 15.7. The molecule has 2 aliphatic heterocycles. The van der Waals surface area contributed by atoms with Crippen LogP contribution in [0.4, 0.5) is 4.39 Å². The van der Waals surface area contributed by atoms with Gasteiger partial charge in [0, 0.05) is 40.1 Å². The number of aromatic nitrogens is 3. The highest BCUT2D eigenvalue weighted by atomic mass is 19.1. The van der Waals surface area contributed by atoms with Gasteiger partial charge in [-0.3, -0.25) is 0 Å². The van der Waals surface area contributed by atoms with Crippen molar-refractivity contribution in [3.63, 3.8) is 0 Å². The van der Waals surface area contributed by atoms with Gasteiger partial charge in [0.15, 0.2) is 11.8 Å². The molecular formula is C39H34FN3O5. The van der Waals surface area contributed by atoms with Gasteiger partial charge in [-0.1, -0.05) is 36.4 Å². The predicted octanol–water partition coefficient (Wildman–Crippen LogP) is 8.59. The van der Waals surface area contributed by atoms with Crippen molar-refractivity contribution >= 4 is 11.6 Å². The lowest BCUT2D eigenvalue weighted by Gasteiger charge is -2.27. The molecule has 8 nitrogen and oxygen atoms in total. The van der Waals surface area contributed by atoms with Gasteiger partial charge in [-0.15, -0.1) is 0 Å². The Hall–Kier alpha value is -5.54. The first-order chi connectivity index (χ1) is 23.0. The fraction of sp³-hybridized carbons (Fsp3) is 0.205. The largest absolute Gasteiger partial charge is 0.489 e. The van der Waals surface area contributed by atoms with Crippen molar-refractivity contribution in [1.29, 1.82) is 0 Å². The predicted molar refractivity (Wildman–Crippen MR) is 180 cm³/mol. The van der Waals surface area contributed by atoms with Crippen LogP contribution in [0.5, 0.6) is 11.5 Å². The van der Waals surface area contributed by atoms with E-state index >= 15 is 0 Å². The number of aryl methyl sites for hydroxylation is 1. The Balaban J connectivity index is 1.46. The number of halogens is 1. The normalized spacial score (nSPS) is 13.4. The van der Waals surface area contributed by atoms with E-state index in [1.807, 2.05) is 99.6 Å². The zero-order valence-corrected chi connectivity index (χ0v) is 27.0. The summed E-state index contributed by atoms with van der Waals surface area (Å²) in [6.45, 7) is 7.82. The maximum absolute atomic E-state index is 14.5. The van der Waals surface area contributed by atoms with Crippen molar-refractivity contribution < 1.29 is 28.5 Å². The summed E-state index contributed by atoms with van der Waals surface area (Å²) in [5.74, 6) is -0.467. The third-order valence-electron chi connectivity index (χ3n) is 8.12. The minimum Gasteiger partial charge on any atom is -0.489 e. The van der Waals surface area contributed by atoms with Crippen molar-refractivity contribution in [3.05, 3.63) is 125 Å². The fourth-order valence-electron chi connectivity index (χ4n) is 6.00. The van der Waals surface area contributed by atoms with E-state index in [0.29, 0.717) is 46.4 Å². The summed E-state index contributed by atoms with van der Waals surface area (Å²) >= 11 is 0. The Morgan fingerprint density at radius 2 is 1.58 bits per heavy atom. The molecule has 4 heterocycles. The standard InChI is InChI=1S/C39H34FN3O5/c1-23-35(37(38(44)45)48-39(2,3)4)36-26-11-14-30(15-12-26)46-21-24-7-5-8-25(17-24)22-47-33-19-29(40)13-16-31(33)27-9-6-10-28(18-27)32-20-34(41-23)43(36)42-32/h5-20,37H,21-22H2,1-4H3,(H,44,45). The summed E-state index contributed by atoms with van der Waals surface area (Å²) < 4.78 is 34.7. The molecule has 0 radical (unpaired) electrons. The molecule has 8 bridgehead atoms. The van der Waals surface area contributed by atoms with Crippen LogP contribution >= 0.6 is 0 Å². The molecule has 48 heavy (non-hydrogen) atoms. The van der Waals surface area contributed by atoms with Crippen LogP contribution in [0.15, 0.2) is 97.1 Å². The van der Waals surface area contributed by atoms with Crippen molar-refractivity contribution in [1.82, 2.24) is 14.6 Å². The monoisotopic (exact) mass is 643 g/mol. The van der Waals surface area contributed by atoms with Gasteiger partial charge in [-0.2, -0.15) is 5.10 Å². The first kappa shape index (κ1) is 31.1. The molecule has 9 heteroatoms. The summed E-state index contributed by atoms with van der Waals surface area (Å²) in [6, 6.07) is 29.5. The lowest BCUT2D eigenvalue weighted by atomic mass is 9.98. The Bertz CT molecular complexity index is 2170. The number of carboxylic acid groups (broad SMARTS) is 1. The number of hydrogen-bond acceptors (Lipinski definition) is 6. The molecule has 0 spiro atoms. The number of benzene rings is 4. The lowest BCUT2D eigenvalue weighted by molar-refractivity contribution is -0.160. The van der Waals surface area contributed by atoms with Gasteiger partial charge in [0.25, 0.3) is 0 Å². The molecule has 1 N–H and O–H groups in total. The topological polar surface area (TPSA) is 95.2 Å². The summed E-state index contributed by atoms with van der Waals surface area (Å²) in [5.41, 5.74) is 6.84. The van der Waals surface area contributed by atoms with E-state index in [1.54, 1.807) is 17.5 Å². The molecule has 0 aliphatic carbocycles. The van der Waals surface area contributed by atoms with E-state index in [9.17, 15) is 14.3 Å². The Morgan fingerprint density at radius 1 is 0.875 bits per heavy atom. The fourth-order valence-corrected chi connectivity index (χ4v) is 6.00. The number of carbonyl (C=O) groups is 1. The SMILES string of the molecule is Cc1nc2cc3nn2c(c1C(OC(C)(C)C)C(=O)O)-c1ccc(cc1)OCc1cccc(c1)COc1cc(F)ccc1-c1cccc-3c1. The number of nitrogens with zero attached hydrogens (tertiary/aromatic N) is 3. The number of rotatable bonds is 3. The van der Waals surface area contributed by atoms with Crippen LogP contribution in [-0.2, 0) is 22.7 Å². The molecule has 0 fully saturated rings. The number of aliphatic carboxylic acids is 1. The Kier molecular flexibility index (Phi) is 7.93. The Morgan fingerprint density at radius 3 is 2.31 bits per heavy atom. The van der Waals surface area contributed by atoms with Crippen molar-refractivity contribution in [2.45, 2.75) is 52.6 Å². The van der Waals surface area contributed by atoms with E-state index in [1.165, 1.54) is 12.1 Å². The molecule has 2 aromatic heterocycles. The van der Waals surface area contributed by atoms with Crippen LogP contribution < -0.4 is 9.47 Å². The van der Waals surface area contributed by atoms with Gasteiger partial charge in [-0.25, -0.2) is 18.7 Å². The van der Waals surface area contributed by atoms with Gasteiger partial charge in [-0.05, 0) is 92.9 Å². The van der Waals surface area contributed by atoms with E-state index in [0.717, 1.165) is 33.4 Å². The van der Waals surface area contributed by atoms with Gasteiger partial charge >= 0.3 is 5.97 Å². The van der Waals surface area contributed by atoms with Crippen LogP contribution in [0.3, 0.4) is 0 Å². The first-order valence-corrected chi connectivity index (χ1v) is 15.7. The summed E-state index contributed by atoms with van der Waals surface area (Å²) in [6.07, 6.45) is -1.31. The number of carboxylic acids is 1. The van der Waals surface area contributed by atoms with Crippen LogP contribution in [0.25, 0.3) is 39.3 Å². The zero-order chi connectivity index (χ0) is 33.6. The number of hydrogen-bond donors (Lipinski definition) is 1. The third-order valence-corrected chi connectivity index (χ3v) is 8.12. The quantitative estimate of drug-likeness (QED) is 0.206. The molecule has 4 aromatic carbocycles. The molecule has 1 atom stereocenters. The van der Waals surface area contributed by atoms with Crippen LogP contribution in [-0.4, -0.2) is 31.3 Å². The third kappa shape index (κ3) is 6.24. The molecule has 242 valence electrons. The van der Waals surface area contributed by atoms with E-state index < -0.39 is 23.5 Å². The van der Waals surface area contributed by atoms with E-state index in [4.69, 9.17) is 24.3 Å². The van der Waals surface area contributed by atoms with Crippen LogP contribution in [0.2, 0.25) is 0 Å². The van der Waals surface area contributed by atoms with E-state index in [-0.39, 0.29) is 6.61 Å². The second kappa shape index (κ2) is 12.2. The summed E-state index contributed by atoms with van der Waals surface area (Å²) in [4.78, 5) is 17.6. The highest BCUT2D eigenvalue weighted by Gasteiger charge is 2.33. The van der Waals surface area contributed by atoms with Gasteiger partial charge in [0.2, 0.25) is 0 Å². The molecule has 2 aliphatic rings. The maximum Gasteiger partial charge on any atom is 0.337 e. The summed E-state index contributed by atoms with van der Waals surface area (Å²) in [5, 5.41) is 15.4. The van der Waals surface area contributed by atoms with Crippen LogP contribution in [0, 0.1) is 12.7 Å². The molecule has 6 aromatic rings. The van der Waals surface area contributed by atoms with Gasteiger partial charge in [0.1, 0.15) is 30.5 Å². The van der Waals surface area contributed by atoms with Gasteiger partial charge in [0.05, 0.1) is 17.0 Å². The molecule has 1 unspecified atom stereocenters. The Labute approximate surface area is 277 Å². The highest BCUT2D eigenvalue weighted by Crippen LogP contribution is 2.38. The van der Waals surface area contributed by atoms with Crippen molar-refractivity contribution in [3.8, 4) is 45.1 Å². The van der Waals surface area contributed by atoms with Crippen LogP contribution in [0.1, 0.15) is 49.3 Å².